The van der Waals surface area contributed by atoms with Crippen LogP contribution in [0.5, 0.6) is 0 Å². The summed E-state index contributed by atoms with van der Waals surface area (Å²) >= 11 is 1.84. The maximum Gasteiger partial charge on any atom is 0.235 e. The molecular weight excluding hydrogens is 785 g/mol. The smallest absolute Gasteiger partial charge is 0.235 e. The van der Waals surface area contributed by atoms with Gasteiger partial charge in [-0.2, -0.15) is 0 Å². The van der Waals surface area contributed by atoms with Gasteiger partial charge in [-0.05, 0) is 87.9 Å². The Hall–Kier alpha value is -8.12. The molecule has 292 valence electrons. The summed E-state index contributed by atoms with van der Waals surface area (Å²) < 4.78 is 7.30. The van der Waals surface area contributed by atoms with Gasteiger partial charge in [-0.3, -0.25) is 4.57 Å². The Morgan fingerprint density at radius 1 is 0.349 bits per heavy atom. The highest BCUT2D eigenvalue weighted by Crippen LogP contribution is 2.46. The predicted molar refractivity (Wildman–Crippen MR) is 267 cm³/mol. The summed E-state index contributed by atoms with van der Waals surface area (Å²) in [4.78, 5) is 11.0. The fourth-order valence-electron chi connectivity index (χ4n) is 10.4. The number of hydrogen-bond donors (Lipinski definition) is 0. The molecule has 0 amide bonds. The quantitative estimate of drug-likeness (QED) is 0.177. The van der Waals surface area contributed by atoms with Crippen molar-refractivity contribution in [1.29, 1.82) is 0 Å². The molecule has 10 aromatic carbocycles. The van der Waals surface area contributed by atoms with Gasteiger partial charge in [0.1, 0.15) is 0 Å². The topological polar surface area (TPSA) is 35.6 Å². The van der Waals surface area contributed by atoms with Crippen molar-refractivity contribution < 1.29 is 0 Å². The molecule has 0 atom stereocenters. The van der Waals surface area contributed by atoms with Crippen molar-refractivity contribution in [3.63, 3.8) is 0 Å². The van der Waals surface area contributed by atoms with Gasteiger partial charge in [0.15, 0.2) is 0 Å². The Morgan fingerprint density at radius 2 is 0.937 bits per heavy atom. The van der Waals surface area contributed by atoms with Crippen LogP contribution < -0.4 is 0 Å². The lowest BCUT2D eigenvalue weighted by atomic mass is 9.90. The number of rotatable bonds is 4. The highest BCUT2D eigenvalue weighted by Gasteiger charge is 2.23. The van der Waals surface area contributed by atoms with Crippen LogP contribution in [0.3, 0.4) is 0 Å². The number of aromatic nitrogens is 4. The van der Waals surface area contributed by atoms with E-state index >= 15 is 0 Å². The molecule has 5 heteroatoms. The Kier molecular flexibility index (Phi) is 7.24. The number of hydrogen-bond acceptors (Lipinski definition) is 3. The molecule has 0 saturated carbocycles. The van der Waals surface area contributed by atoms with Crippen molar-refractivity contribution in [3.05, 3.63) is 206 Å². The molecule has 0 fully saturated rings. The number of thiophene rings is 1. The third kappa shape index (κ3) is 4.97. The lowest BCUT2D eigenvalue weighted by Gasteiger charge is -2.16. The number of para-hydroxylation sites is 4. The van der Waals surface area contributed by atoms with Crippen LogP contribution in [0.4, 0.5) is 0 Å². The van der Waals surface area contributed by atoms with Crippen molar-refractivity contribution in [2.75, 3.05) is 0 Å². The van der Waals surface area contributed by atoms with E-state index in [9.17, 15) is 0 Å². The molecule has 0 aliphatic rings. The maximum absolute atomic E-state index is 5.58. The molecule has 14 rings (SSSR count). The molecule has 4 heterocycles. The van der Waals surface area contributed by atoms with E-state index < -0.39 is 0 Å². The normalized spacial score (nSPS) is 12.1. The van der Waals surface area contributed by atoms with Gasteiger partial charge in [0, 0.05) is 63.7 Å². The van der Waals surface area contributed by atoms with Crippen LogP contribution >= 0.6 is 11.3 Å². The van der Waals surface area contributed by atoms with Crippen LogP contribution in [0.25, 0.3) is 130 Å². The van der Waals surface area contributed by atoms with Crippen LogP contribution in [0.15, 0.2) is 206 Å². The molecule has 0 spiro atoms. The van der Waals surface area contributed by atoms with E-state index in [0.717, 1.165) is 38.9 Å². The SMILES string of the molecule is c1ccc(-n2c3ccccc3c3cc(-c4cc5c(c6ccccc46)c4ccccc4n5-c4nc(-c5ccc6sc7ccccc7c6c5)c5ccccc5n4)c4ccccc4c32)cc1. The molecule has 0 bridgehead atoms. The fraction of sp³-hybridized carbons (Fsp3) is 0. The molecule has 4 nitrogen and oxygen atoms in total. The van der Waals surface area contributed by atoms with E-state index in [1.807, 2.05) is 11.3 Å². The van der Waals surface area contributed by atoms with E-state index in [-0.39, 0.29) is 0 Å². The summed E-state index contributed by atoms with van der Waals surface area (Å²) in [6, 6.07) is 74.9. The second-order valence-electron chi connectivity index (χ2n) is 16.5. The Bertz CT molecular complexity index is 4210. The zero-order valence-corrected chi connectivity index (χ0v) is 34.6. The molecule has 4 aromatic heterocycles. The van der Waals surface area contributed by atoms with Gasteiger partial charge in [0.25, 0.3) is 0 Å². The minimum atomic E-state index is 0.651. The standard InChI is InChI=1S/C58H34N4S/c1-2-16-36(17-3-1)61-50-27-13-9-20-39(50)48-33-45(38-19-5-7-23-42(38)57(48)61)46-34-52-55(41-22-6-4-18-37(41)46)44-25-10-14-28-51(44)62(52)58-59-49-26-12-8-24-43(49)56(60-58)35-30-31-54-47(32-35)40-21-11-15-29-53(40)63-54/h1-34H. The number of nitrogens with zero attached hydrogens (tertiary/aromatic N) is 4. The molecule has 0 aliphatic carbocycles. The van der Waals surface area contributed by atoms with E-state index in [2.05, 4.69) is 215 Å². The zero-order valence-electron chi connectivity index (χ0n) is 33.8. The minimum absolute atomic E-state index is 0.651. The van der Waals surface area contributed by atoms with Gasteiger partial charge >= 0.3 is 0 Å². The van der Waals surface area contributed by atoms with Crippen LogP contribution in [0, 0.1) is 0 Å². The molecule has 0 radical (unpaired) electrons. The average Bonchev–Trinajstić information content (AvgIpc) is 4.01. The van der Waals surface area contributed by atoms with Crippen LogP contribution in [-0.2, 0) is 0 Å². The Labute approximate surface area is 365 Å². The average molecular weight is 819 g/mol. The Balaban J connectivity index is 1.09. The lowest BCUT2D eigenvalue weighted by Crippen LogP contribution is -2.03. The van der Waals surface area contributed by atoms with Gasteiger partial charge in [-0.15, -0.1) is 11.3 Å². The molecule has 0 N–H and O–H groups in total. The van der Waals surface area contributed by atoms with Gasteiger partial charge in [-0.25, -0.2) is 9.97 Å². The summed E-state index contributed by atoms with van der Waals surface area (Å²) in [5, 5.41) is 13.2. The monoisotopic (exact) mass is 818 g/mol. The minimum Gasteiger partial charge on any atom is -0.309 e. The second kappa shape index (κ2) is 13.2. The van der Waals surface area contributed by atoms with Crippen molar-refractivity contribution >= 4 is 108 Å². The second-order valence-corrected chi connectivity index (χ2v) is 17.6. The van der Waals surface area contributed by atoms with Gasteiger partial charge < -0.3 is 4.57 Å². The third-order valence-corrected chi connectivity index (χ3v) is 14.3. The molecule has 0 aliphatic heterocycles. The predicted octanol–water partition coefficient (Wildman–Crippen LogP) is 15.8. The third-order valence-electron chi connectivity index (χ3n) is 13.1. The van der Waals surface area contributed by atoms with E-state index in [1.54, 1.807) is 0 Å². The van der Waals surface area contributed by atoms with E-state index in [4.69, 9.17) is 9.97 Å². The molecule has 14 aromatic rings. The van der Waals surface area contributed by atoms with Crippen LogP contribution in [-0.4, -0.2) is 19.1 Å². The van der Waals surface area contributed by atoms with Crippen molar-refractivity contribution in [2.45, 2.75) is 0 Å². The summed E-state index contributed by atoms with van der Waals surface area (Å²) in [6.45, 7) is 0. The summed E-state index contributed by atoms with van der Waals surface area (Å²) in [5.41, 5.74) is 11.0. The molecular formula is C58H34N4S. The first kappa shape index (κ1) is 34.6. The van der Waals surface area contributed by atoms with E-state index in [1.165, 1.54) is 85.4 Å². The molecule has 0 saturated heterocycles. The van der Waals surface area contributed by atoms with Crippen molar-refractivity contribution in [1.82, 2.24) is 19.1 Å². The van der Waals surface area contributed by atoms with Gasteiger partial charge in [0.2, 0.25) is 5.95 Å². The van der Waals surface area contributed by atoms with Crippen LogP contribution in [0.1, 0.15) is 0 Å². The number of benzene rings is 10. The fourth-order valence-corrected chi connectivity index (χ4v) is 11.5. The van der Waals surface area contributed by atoms with Crippen molar-refractivity contribution in [2.24, 2.45) is 0 Å². The van der Waals surface area contributed by atoms with Gasteiger partial charge in [-0.1, -0.05) is 146 Å². The first-order chi connectivity index (χ1) is 31.3. The molecule has 63 heavy (non-hydrogen) atoms. The summed E-state index contributed by atoms with van der Waals surface area (Å²) in [5.74, 6) is 0.651. The first-order valence-corrected chi connectivity index (χ1v) is 22.2. The summed E-state index contributed by atoms with van der Waals surface area (Å²) in [7, 11) is 0. The first-order valence-electron chi connectivity index (χ1n) is 21.4. The van der Waals surface area contributed by atoms with E-state index in [0.29, 0.717) is 5.95 Å². The lowest BCUT2D eigenvalue weighted by molar-refractivity contribution is 1.01. The summed E-state index contributed by atoms with van der Waals surface area (Å²) in [6.07, 6.45) is 0. The van der Waals surface area contributed by atoms with Crippen LogP contribution in [0.2, 0.25) is 0 Å². The highest BCUT2D eigenvalue weighted by molar-refractivity contribution is 7.25. The zero-order chi connectivity index (χ0) is 41.2. The number of fused-ring (bicyclic) bond motifs is 14. The Morgan fingerprint density at radius 3 is 1.75 bits per heavy atom. The maximum atomic E-state index is 5.58. The largest absolute Gasteiger partial charge is 0.309 e. The van der Waals surface area contributed by atoms with Crippen molar-refractivity contribution in [3.8, 4) is 34.0 Å². The molecule has 0 unspecified atom stereocenters. The highest BCUT2D eigenvalue weighted by atomic mass is 32.1. The van der Waals surface area contributed by atoms with Gasteiger partial charge in [0.05, 0.1) is 33.3 Å².